The summed E-state index contributed by atoms with van der Waals surface area (Å²) in [7, 11) is 0. The first-order valence-electron chi connectivity index (χ1n) is 7.14. The van der Waals surface area contributed by atoms with Crippen LogP contribution in [0.3, 0.4) is 0 Å². The maximum Gasteiger partial charge on any atom is 0.128 e. The summed E-state index contributed by atoms with van der Waals surface area (Å²) in [6, 6.07) is 4.97. The van der Waals surface area contributed by atoms with E-state index in [2.05, 4.69) is 34.9 Å². The van der Waals surface area contributed by atoms with Gasteiger partial charge in [-0.3, -0.25) is 4.68 Å². The van der Waals surface area contributed by atoms with Crippen molar-refractivity contribution in [2.24, 2.45) is 0 Å². The number of rotatable bonds is 5. The maximum atomic E-state index is 14.0. The van der Waals surface area contributed by atoms with Crippen molar-refractivity contribution in [1.82, 2.24) is 9.78 Å². The predicted molar refractivity (Wildman–Crippen MR) is 88.5 cm³/mol. The summed E-state index contributed by atoms with van der Waals surface area (Å²) in [5, 5.41) is 4.55. The Kier molecular flexibility index (Phi) is 5.44. The zero-order valence-corrected chi connectivity index (χ0v) is 14.8. The van der Waals surface area contributed by atoms with Crippen LogP contribution in [0, 0.1) is 5.82 Å². The Bertz CT molecular complexity index is 637. The number of halogens is 3. The van der Waals surface area contributed by atoms with Gasteiger partial charge in [-0.25, -0.2) is 4.39 Å². The van der Waals surface area contributed by atoms with Crippen molar-refractivity contribution in [2.45, 2.75) is 45.5 Å². The molecule has 0 spiro atoms. The summed E-state index contributed by atoms with van der Waals surface area (Å²) >= 11 is 9.69. The van der Waals surface area contributed by atoms with Crippen molar-refractivity contribution in [1.29, 1.82) is 0 Å². The molecular weight excluding hydrogens is 355 g/mol. The molecular formula is C16H19BrClFN2. The van der Waals surface area contributed by atoms with E-state index in [1.54, 1.807) is 12.1 Å². The smallest absolute Gasteiger partial charge is 0.128 e. The number of nitrogens with zero attached hydrogens (tertiary/aromatic N) is 2. The first-order valence-corrected chi connectivity index (χ1v) is 8.37. The molecule has 1 atom stereocenters. The topological polar surface area (TPSA) is 17.8 Å². The zero-order chi connectivity index (χ0) is 15.6. The summed E-state index contributed by atoms with van der Waals surface area (Å²) in [5.74, 6) is -0.214. The van der Waals surface area contributed by atoms with Crippen molar-refractivity contribution < 1.29 is 4.39 Å². The minimum atomic E-state index is -0.214. The molecule has 0 amide bonds. The standard InChI is InChI=1S/C16H19BrClFN2/c1-4-14-16(10(3)18)15(5-2)21(20-14)9-11-8-12(17)6-7-13(11)19/h6-8,10H,4-5,9H2,1-3H3. The maximum absolute atomic E-state index is 14.0. The van der Waals surface area contributed by atoms with Crippen LogP contribution in [0.15, 0.2) is 22.7 Å². The second-order valence-electron chi connectivity index (χ2n) is 5.02. The summed E-state index contributed by atoms with van der Waals surface area (Å²) in [5.41, 5.74) is 3.81. The first kappa shape index (κ1) is 16.5. The molecule has 0 aliphatic heterocycles. The van der Waals surface area contributed by atoms with Gasteiger partial charge >= 0.3 is 0 Å². The van der Waals surface area contributed by atoms with Gasteiger partial charge in [-0.15, -0.1) is 11.6 Å². The molecule has 2 rings (SSSR count). The normalized spacial score (nSPS) is 12.7. The highest BCUT2D eigenvalue weighted by Gasteiger charge is 2.19. The van der Waals surface area contributed by atoms with Crippen LogP contribution < -0.4 is 0 Å². The quantitative estimate of drug-likeness (QED) is 0.654. The van der Waals surface area contributed by atoms with Gasteiger partial charge in [0.2, 0.25) is 0 Å². The van der Waals surface area contributed by atoms with Crippen molar-refractivity contribution in [3.63, 3.8) is 0 Å². The van der Waals surface area contributed by atoms with Gasteiger partial charge < -0.3 is 0 Å². The van der Waals surface area contributed by atoms with Crippen molar-refractivity contribution in [2.75, 3.05) is 0 Å². The number of hydrogen-bond acceptors (Lipinski definition) is 1. The molecule has 0 radical (unpaired) electrons. The highest BCUT2D eigenvalue weighted by atomic mass is 79.9. The SMILES string of the molecule is CCc1nn(Cc2cc(Br)ccc2F)c(CC)c1C(C)Cl. The lowest BCUT2D eigenvalue weighted by Gasteiger charge is -2.10. The Morgan fingerprint density at radius 2 is 2.05 bits per heavy atom. The van der Waals surface area contributed by atoms with Gasteiger partial charge in [-0.1, -0.05) is 29.8 Å². The van der Waals surface area contributed by atoms with Gasteiger partial charge in [0, 0.05) is 21.3 Å². The molecule has 1 aromatic carbocycles. The van der Waals surface area contributed by atoms with E-state index in [1.807, 2.05) is 11.6 Å². The lowest BCUT2D eigenvalue weighted by Crippen LogP contribution is -2.08. The Morgan fingerprint density at radius 3 is 2.62 bits per heavy atom. The number of hydrogen-bond donors (Lipinski definition) is 0. The molecule has 2 aromatic rings. The summed E-state index contributed by atoms with van der Waals surface area (Å²) < 4.78 is 16.7. The van der Waals surface area contributed by atoms with Crippen molar-refractivity contribution in [3.8, 4) is 0 Å². The van der Waals surface area contributed by atoms with Crippen LogP contribution in [0.4, 0.5) is 4.39 Å². The molecule has 0 saturated carbocycles. The molecule has 0 fully saturated rings. The number of aromatic nitrogens is 2. The third-order valence-electron chi connectivity index (χ3n) is 3.57. The third-order valence-corrected chi connectivity index (χ3v) is 4.28. The van der Waals surface area contributed by atoms with E-state index in [1.165, 1.54) is 6.07 Å². The molecule has 0 aliphatic rings. The molecule has 0 saturated heterocycles. The predicted octanol–water partition coefficient (Wildman–Crippen LogP) is 5.26. The Hall–Kier alpha value is -0.870. The molecule has 1 aromatic heterocycles. The van der Waals surface area contributed by atoms with Gasteiger partial charge in [0.15, 0.2) is 0 Å². The van der Waals surface area contributed by atoms with Crippen LogP contribution >= 0.6 is 27.5 Å². The van der Waals surface area contributed by atoms with E-state index >= 15 is 0 Å². The average Bonchev–Trinajstić information content (AvgIpc) is 2.80. The number of alkyl halides is 1. The van der Waals surface area contributed by atoms with Gasteiger partial charge in [0.05, 0.1) is 17.6 Å². The third kappa shape index (κ3) is 3.49. The molecule has 114 valence electrons. The lowest BCUT2D eigenvalue weighted by atomic mass is 10.1. The Labute approximate surface area is 138 Å². The fourth-order valence-corrected chi connectivity index (χ4v) is 3.28. The van der Waals surface area contributed by atoms with Crippen LogP contribution in [-0.2, 0) is 19.4 Å². The van der Waals surface area contributed by atoms with Gasteiger partial charge in [-0.2, -0.15) is 5.10 Å². The van der Waals surface area contributed by atoms with E-state index < -0.39 is 0 Å². The summed E-state index contributed by atoms with van der Waals surface area (Å²) in [4.78, 5) is 0. The Morgan fingerprint density at radius 1 is 1.33 bits per heavy atom. The van der Waals surface area contributed by atoms with Crippen LogP contribution in [0.1, 0.15) is 48.7 Å². The molecule has 5 heteroatoms. The van der Waals surface area contributed by atoms with Crippen LogP contribution in [-0.4, -0.2) is 9.78 Å². The van der Waals surface area contributed by atoms with Crippen molar-refractivity contribution >= 4 is 27.5 Å². The van der Waals surface area contributed by atoms with Crippen LogP contribution in [0.5, 0.6) is 0 Å². The Balaban J connectivity index is 2.46. The van der Waals surface area contributed by atoms with E-state index in [4.69, 9.17) is 11.6 Å². The largest absolute Gasteiger partial charge is 0.264 e. The monoisotopic (exact) mass is 372 g/mol. The molecule has 1 heterocycles. The van der Waals surface area contributed by atoms with Gasteiger partial charge in [0.1, 0.15) is 5.82 Å². The summed E-state index contributed by atoms with van der Waals surface area (Å²) in [6.07, 6.45) is 1.66. The second-order valence-corrected chi connectivity index (χ2v) is 6.59. The highest BCUT2D eigenvalue weighted by Crippen LogP contribution is 2.29. The summed E-state index contributed by atoms with van der Waals surface area (Å²) in [6.45, 7) is 6.52. The highest BCUT2D eigenvalue weighted by molar-refractivity contribution is 9.10. The zero-order valence-electron chi connectivity index (χ0n) is 12.5. The minimum Gasteiger partial charge on any atom is -0.264 e. The first-order chi connectivity index (χ1) is 9.97. The van der Waals surface area contributed by atoms with Gasteiger partial charge in [0.25, 0.3) is 0 Å². The minimum absolute atomic E-state index is 0.0870. The lowest BCUT2D eigenvalue weighted by molar-refractivity contribution is 0.573. The number of aryl methyl sites for hydroxylation is 1. The average molecular weight is 374 g/mol. The molecule has 2 nitrogen and oxygen atoms in total. The molecule has 0 N–H and O–H groups in total. The number of benzene rings is 1. The molecule has 21 heavy (non-hydrogen) atoms. The fraction of sp³-hybridized carbons (Fsp3) is 0.438. The van der Waals surface area contributed by atoms with Crippen LogP contribution in [0.2, 0.25) is 0 Å². The van der Waals surface area contributed by atoms with Gasteiger partial charge in [-0.05, 0) is 38.0 Å². The second kappa shape index (κ2) is 6.93. The van der Waals surface area contributed by atoms with Crippen LogP contribution in [0.25, 0.3) is 0 Å². The molecule has 0 aliphatic carbocycles. The molecule has 0 bridgehead atoms. The van der Waals surface area contributed by atoms with Crippen molar-refractivity contribution in [3.05, 3.63) is 51.0 Å². The van der Waals surface area contributed by atoms with E-state index in [0.29, 0.717) is 12.1 Å². The van der Waals surface area contributed by atoms with E-state index in [9.17, 15) is 4.39 Å². The fourth-order valence-electron chi connectivity index (χ4n) is 2.62. The van der Waals surface area contributed by atoms with E-state index in [0.717, 1.165) is 34.3 Å². The molecule has 1 unspecified atom stereocenters. The van der Waals surface area contributed by atoms with E-state index in [-0.39, 0.29) is 11.2 Å².